The second-order valence-corrected chi connectivity index (χ2v) is 6.49. The molecule has 1 aromatic carbocycles. The van der Waals surface area contributed by atoms with E-state index in [-0.39, 0.29) is 12.1 Å². The summed E-state index contributed by atoms with van der Waals surface area (Å²) in [7, 11) is 0. The lowest BCUT2D eigenvalue weighted by atomic mass is 9.84. The first-order chi connectivity index (χ1) is 10.2. The van der Waals surface area contributed by atoms with Crippen LogP contribution in [-0.4, -0.2) is 12.1 Å². The first-order valence-corrected chi connectivity index (χ1v) is 8.01. The van der Waals surface area contributed by atoms with E-state index in [4.69, 9.17) is 0 Å². The van der Waals surface area contributed by atoms with E-state index in [1.54, 1.807) is 6.20 Å². The second-order valence-electron chi connectivity index (χ2n) is 6.49. The van der Waals surface area contributed by atoms with E-state index in [1.807, 2.05) is 36.4 Å². The van der Waals surface area contributed by atoms with E-state index in [9.17, 15) is 4.79 Å². The van der Waals surface area contributed by atoms with Gasteiger partial charge in [-0.05, 0) is 55.6 Å². The average molecular weight is 284 g/mol. The Balaban J connectivity index is 1.45. The fraction of sp³-hybridized carbons (Fsp3) is 0.500. The molecule has 0 aromatic heterocycles. The minimum atomic E-state index is -0.0996. The van der Waals surface area contributed by atoms with E-state index in [2.05, 4.69) is 17.6 Å². The van der Waals surface area contributed by atoms with Gasteiger partial charge in [-0.3, -0.25) is 0 Å². The van der Waals surface area contributed by atoms with Crippen molar-refractivity contribution in [2.24, 2.45) is 17.8 Å². The number of fused-ring (bicyclic) bond motifs is 2. The Morgan fingerprint density at radius 3 is 2.71 bits per heavy atom. The molecule has 2 N–H and O–H groups in total. The Bertz CT molecular complexity index is 511. The van der Waals surface area contributed by atoms with Crippen molar-refractivity contribution in [1.82, 2.24) is 10.6 Å². The van der Waals surface area contributed by atoms with E-state index < -0.39 is 0 Å². The number of hydrogen-bond acceptors (Lipinski definition) is 1. The van der Waals surface area contributed by atoms with Gasteiger partial charge in [0.1, 0.15) is 0 Å². The summed E-state index contributed by atoms with van der Waals surface area (Å²) in [5.74, 6) is 2.43. The monoisotopic (exact) mass is 284 g/mol. The standard InChI is InChI=1S/C18H24N2O/c1-13(17-12-15-7-8-16(17)11-15)20-18(21)19-10-9-14-5-3-2-4-6-14/h2-6,9-10,13,15-17H,7-8,11-12H2,1H3,(H2,19,20,21)/b10-9+. The molecule has 2 aliphatic rings. The van der Waals surface area contributed by atoms with Gasteiger partial charge >= 0.3 is 6.03 Å². The highest BCUT2D eigenvalue weighted by Gasteiger charge is 2.42. The van der Waals surface area contributed by atoms with Crippen LogP contribution in [0.1, 0.15) is 38.2 Å². The summed E-state index contributed by atoms with van der Waals surface area (Å²) >= 11 is 0. The van der Waals surface area contributed by atoms with Crippen LogP contribution in [0.25, 0.3) is 6.08 Å². The van der Waals surface area contributed by atoms with Gasteiger partial charge in [-0.2, -0.15) is 0 Å². The molecule has 4 atom stereocenters. The number of urea groups is 1. The van der Waals surface area contributed by atoms with Crippen LogP contribution < -0.4 is 10.6 Å². The predicted octanol–water partition coefficient (Wildman–Crippen LogP) is 3.78. The quantitative estimate of drug-likeness (QED) is 0.868. The number of benzene rings is 1. The van der Waals surface area contributed by atoms with Crippen molar-refractivity contribution in [3.05, 3.63) is 42.1 Å². The Morgan fingerprint density at radius 2 is 2.05 bits per heavy atom. The molecule has 0 saturated heterocycles. The lowest BCUT2D eigenvalue weighted by molar-refractivity contribution is 0.223. The number of amides is 2. The number of hydrogen-bond donors (Lipinski definition) is 2. The normalized spacial score (nSPS) is 28.7. The van der Waals surface area contributed by atoms with Gasteiger partial charge < -0.3 is 10.6 Å². The second kappa shape index (κ2) is 6.33. The van der Waals surface area contributed by atoms with Crippen molar-refractivity contribution in [1.29, 1.82) is 0 Å². The molecule has 3 nitrogen and oxygen atoms in total. The third-order valence-electron chi connectivity index (χ3n) is 5.08. The first-order valence-electron chi connectivity index (χ1n) is 8.01. The Labute approximate surface area is 126 Å². The molecule has 0 spiro atoms. The zero-order chi connectivity index (χ0) is 14.7. The molecule has 112 valence electrons. The average Bonchev–Trinajstić information content (AvgIpc) is 3.11. The Morgan fingerprint density at radius 1 is 1.24 bits per heavy atom. The minimum absolute atomic E-state index is 0.0996. The summed E-state index contributed by atoms with van der Waals surface area (Å²) in [5, 5.41) is 5.89. The molecule has 3 heteroatoms. The van der Waals surface area contributed by atoms with Gasteiger partial charge in [0.25, 0.3) is 0 Å². The summed E-state index contributed by atoms with van der Waals surface area (Å²) < 4.78 is 0. The van der Waals surface area contributed by atoms with Crippen molar-refractivity contribution in [2.75, 3.05) is 0 Å². The molecule has 3 rings (SSSR count). The van der Waals surface area contributed by atoms with Crippen molar-refractivity contribution in [2.45, 2.75) is 38.6 Å². The van der Waals surface area contributed by atoms with E-state index in [1.165, 1.54) is 25.7 Å². The summed E-state index contributed by atoms with van der Waals surface area (Å²) in [5.41, 5.74) is 1.08. The van der Waals surface area contributed by atoms with Crippen LogP contribution in [0, 0.1) is 17.8 Å². The van der Waals surface area contributed by atoms with E-state index in [0.29, 0.717) is 5.92 Å². The van der Waals surface area contributed by atoms with Gasteiger partial charge in [0.05, 0.1) is 0 Å². The van der Waals surface area contributed by atoms with Crippen LogP contribution in [0.3, 0.4) is 0 Å². The predicted molar refractivity (Wildman–Crippen MR) is 85.5 cm³/mol. The molecule has 0 aliphatic heterocycles. The van der Waals surface area contributed by atoms with Crippen LogP contribution >= 0.6 is 0 Å². The largest absolute Gasteiger partial charge is 0.335 e. The fourth-order valence-corrected chi connectivity index (χ4v) is 4.04. The van der Waals surface area contributed by atoms with Crippen LogP contribution in [0.5, 0.6) is 0 Å². The highest BCUT2D eigenvalue weighted by Crippen LogP contribution is 2.49. The zero-order valence-corrected chi connectivity index (χ0v) is 12.6. The van der Waals surface area contributed by atoms with Gasteiger partial charge in [0.2, 0.25) is 0 Å². The van der Waals surface area contributed by atoms with Gasteiger partial charge in [0.15, 0.2) is 0 Å². The minimum Gasteiger partial charge on any atom is -0.335 e. The molecule has 2 aliphatic carbocycles. The van der Waals surface area contributed by atoms with Gasteiger partial charge in [-0.1, -0.05) is 36.8 Å². The summed E-state index contributed by atoms with van der Waals surface area (Å²) in [6.45, 7) is 2.14. The molecule has 2 bridgehead atoms. The molecule has 1 aromatic rings. The molecule has 0 heterocycles. The van der Waals surface area contributed by atoms with Crippen LogP contribution in [0.2, 0.25) is 0 Å². The van der Waals surface area contributed by atoms with Crippen LogP contribution in [0.4, 0.5) is 4.79 Å². The maximum absolute atomic E-state index is 11.9. The highest BCUT2D eigenvalue weighted by molar-refractivity contribution is 5.76. The lowest BCUT2D eigenvalue weighted by Crippen LogP contribution is -2.43. The fourth-order valence-electron chi connectivity index (χ4n) is 4.04. The first kappa shape index (κ1) is 14.2. The molecular weight excluding hydrogens is 260 g/mol. The Hall–Kier alpha value is -1.77. The molecule has 2 amide bonds. The van der Waals surface area contributed by atoms with Crippen LogP contribution in [0.15, 0.2) is 36.5 Å². The van der Waals surface area contributed by atoms with E-state index >= 15 is 0 Å². The van der Waals surface area contributed by atoms with Crippen molar-refractivity contribution in [3.63, 3.8) is 0 Å². The van der Waals surface area contributed by atoms with Crippen molar-refractivity contribution >= 4 is 12.1 Å². The van der Waals surface area contributed by atoms with Gasteiger partial charge in [-0.25, -0.2) is 4.79 Å². The van der Waals surface area contributed by atoms with Crippen LogP contribution in [-0.2, 0) is 0 Å². The number of nitrogens with one attached hydrogen (secondary N) is 2. The molecule has 4 unspecified atom stereocenters. The van der Waals surface area contributed by atoms with E-state index in [0.717, 1.165) is 17.4 Å². The molecule has 0 radical (unpaired) electrons. The van der Waals surface area contributed by atoms with Gasteiger partial charge in [0, 0.05) is 12.2 Å². The van der Waals surface area contributed by atoms with Gasteiger partial charge in [-0.15, -0.1) is 0 Å². The maximum Gasteiger partial charge on any atom is 0.318 e. The third-order valence-corrected chi connectivity index (χ3v) is 5.08. The molecular formula is C18H24N2O. The Kier molecular flexibility index (Phi) is 4.28. The topological polar surface area (TPSA) is 41.1 Å². The highest BCUT2D eigenvalue weighted by atomic mass is 16.2. The number of carbonyl (C=O) groups excluding carboxylic acids is 1. The summed E-state index contributed by atoms with van der Waals surface area (Å²) in [6, 6.07) is 10.1. The SMILES string of the molecule is CC(NC(=O)N/C=C/c1ccccc1)C1CC2CCC1C2. The van der Waals surface area contributed by atoms with Crippen molar-refractivity contribution < 1.29 is 4.79 Å². The molecule has 2 fully saturated rings. The lowest BCUT2D eigenvalue weighted by Gasteiger charge is -2.28. The zero-order valence-electron chi connectivity index (χ0n) is 12.6. The summed E-state index contributed by atoms with van der Waals surface area (Å²) in [6.07, 6.45) is 9.05. The molecule has 2 saturated carbocycles. The number of carbonyl (C=O) groups is 1. The summed E-state index contributed by atoms with van der Waals surface area (Å²) in [4.78, 5) is 11.9. The molecule has 21 heavy (non-hydrogen) atoms. The van der Waals surface area contributed by atoms with Crippen molar-refractivity contribution in [3.8, 4) is 0 Å². The smallest absolute Gasteiger partial charge is 0.318 e. The maximum atomic E-state index is 11.9. The number of rotatable bonds is 4. The third kappa shape index (κ3) is 3.46.